The first-order valence-electron chi connectivity index (χ1n) is 4.48. The van der Waals surface area contributed by atoms with Crippen molar-refractivity contribution in [1.29, 1.82) is 0 Å². The van der Waals surface area contributed by atoms with Crippen molar-refractivity contribution in [2.24, 2.45) is 0 Å². The highest BCUT2D eigenvalue weighted by Gasteiger charge is 2.15. The van der Waals surface area contributed by atoms with E-state index in [4.69, 9.17) is 0 Å². The number of aliphatic hydroxyl groups excluding tert-OH is 1. The van der Waals surface area contributed by atoms with Crippen molar-refractivity contribution in [2.75, 3.05) is 13.1 Å². The Labute approximate surface area is 77.0 Å². The monoisotopic (exact) mass is 179 g/mol. The number of rotatable bonds is 0. The van der Waals surface area contributed by atoms with Crippen LogP contribution in [-0.4, -0.2) is 23.3 Å². The molecule has 70 valence electrons. The Morgan fingerprint density at radius 1 is 1.38 bits per heavy atom. The molecule has 1 aliphatic heterocycles. The molecule has 3 N–H and O–H groups in total. The Bertz CT molecular complexity index is 312. The molecule has 13 heavy (non-hydrogen) atoms. The summed E-state index contributed by atoms with van der Waals surface area (Å²) in [6, 6.07) is 5.14. The molecule has 0 unspecified atom stereocenters. The van der Waals surface area contributed by atoms with Crippen LogP contribution in [0.15, 0.2) is 18.2 Å². The molecular formula is C10H13NO2. The molecule has 0 saturated heterocycles. The molecule has 1 heterocycles. The molecule has 0 spiro atoms. The van der Waals surface area contributed by atoms with Crippen molar-refractivity contribution >= 4 is 0 Å². The van der Waals surface area contributed by atoms with Crippen LogP contribution < -0.4 is 5.32 Å². The largest absolute Gasteiger partial charge is 0.508 e. The van der Waals surface area contributed by atoms with Gasteiger partial charge in [0, 0.05) is 6.54 Å². The van der Waals surface area contributed by atoms with Gasteiger partial charge in [-0.1, -0.05) is 6.07 Å². The van der Waals surface area contributed by atoms with Gasteiger partial charge in [0.25, 0.3) is 0 Å². The summed E-state index contributed by atoms with van der Waals surface area (Å²) in [4.78, 5) is 0. The van der Waals surface area contributed by atoms with Crippen LogP contribution in [0.25, 0.3) is 0 Å². The van der Waals surface area contributed by atoms with Gasteiger partial charge in [-0.15, -0.1) is 0 Å². The van der Waals surface area contributed by atoms with Gasteiger partial charge in [0.05, 0.1) is 6.10 Å². The fourth-order valence-electron chi connectivity index (χ4n) is 1.71. The van der Waals surface area contributed by atoms with E-state index < -0.39 is 6.10 Å². The van der Waals surface area contributed by atoms with Gasteiger partial charge in [-0.25, -0.2) is 0 Å². The van der Waals surface area contributed by atoms with Gasteiger partial charge in [0.1, 0.15) is 5.75 Å². The van der Waals surface area contributed by atoms with Gasteiger partial charge >= 0.3 is 0 Å². The maximum Gasteiger partial charge on any atom is 0.115 e. The lowest BCUT2D eigenvalue weighted by Crippen LogP contribution is -2.19. The molecule has 0 aliphatic carbocycles. The second-order valence-electron chi connectivity index (χ2n) is 3.35. The minimum absolute atomic E-state index is 0.271. The second-order valence-corrected chi connectivity index (χ2v) is 3.35. The van der Waals surface area contributed by atoms with Gasteiger partial charge < -0.3 is 15.5 Å². The SMILES string of the molecule is Oc1ccc2c(c1)CCNC[C@H]2O. The van der Waals surface area contributed by atoms with E-state index in [9.17, 15) is 10.2 Å². The standard InChI is InChI=1S/C10H13NO2/c12-8-1-2-9-7(5-8)3-4-11-6-10(9)13/h1-2,5,10-13H,3-4,6H2/t10-/m1/s1. The number of β-amino-alcohol motifs (C(OH)–C–C–N with tert-alkyl or cyclic N) is 1. The van der Waals surface area contributed by atoms with Crippen molar-refractivity contribution < 1.29 is 10.2 Å². The lowest BCUT2D eigenvalue weighted by Gasteiger charge is -2.10. The van der Waals surface area contributed by atoms with Crippen LogP contribution in [0.2, 0.25) is 0 Å². The van der Waals surface area contributed by atoms with Gasteiger partial charge in [-0.05, 0) is 36.2 Å². The van der Waals surface area contributed by atoms with Gasteiger partial charge in [-0.2, -0.15) is 0 Å². The van der Waals surface area contributed by atoms with Crippen LogP contribution in [0, 0.1) is 0 Å². The zero-order chi connectivity index (χ0) is 9.26. The van der Waals surface area contributed by atoms with Crippen LogP contribution >= 0.6 is 0 Å². The van der Waals surface area contributed by atoms with E-state index in [0.29, 0.717) is 6.54 Å². The summed E-state index contributed by atoms with van der Waals surface area (Å²) in [5.41, 5.74) is 1.97. The lowest BCUT2D eigenvalue weighted by molar-refractivity contribution is 0.178. The lowest BCUT2D eigenvalue weighted by atomic mass is 10.0. The first-order chi connectivity index (χ1) is 6.27. The second kappa shape index (κ2) is 3.36. The highest BCUT2D eigenvalue weighted by atomic mass is 16.3. The van der Waals surface area contributed by atoms with E-state index in [1.807, 2.05) is 0 Å². The first-order valence-corrected chi connectivity index (χ1v) is 4.48. The molecule has 0 fully saturated rings. The van der Waals surface area contributed by atoms with Gasteiger partial charge in [0.2, 0.25) is 0 Å². The van der Waals surface area contributed by atoms with Crippen molar-refractivity contribution in [3.63, 3.8) is 0 Å². The van der Waals surface area contributed by atoms with Gasteiger partial charge in [-0.3, -0.25) is 0 Å². The zero-order valence-electron chi connectivity index (χ0n) is 7.33. The molecule has 3 heteroatoms. The average molecular weight is 179 g/mol. The number of nitrogens with one attached hydrogen (secondary N) is 1. The molecule has 0 bridgehead atoms. The summed E-state index contributed by atoms with van der Waals surface area (Å²) in [5.74, 6) is 0.271. The number of benzene rings is 1. The average Bonchev–Trinajstić information content (AvgIpc) is 2.28. The Kier molecular flexibility index (Phi) is 2.20. The molecule has 1 aromatic carbocycles. The van der Waals surface area contributed by atoms with Crippen molar-refractivity contribution in [2.45, 2.75) is 12.5 Å². The minimum atomic E-state index is -0.446. The molecule has 1 aromatic rings. The molecular weight excluding hydrogens is 166 g/mol. The maximum absolute atomic E-state index is 9.69. The number of aliphatic hydroxyl groups is 1. The topological polar surface area (TPSA) is 52.5 Å². The van der Waals surface area contributed by atoms with Crippen LogP contribution in [0.4, 0.5) is 0 Å². The summed E-state index contributed by atoms with van der Waals surface area (Å²) in [6.07, 6.45) is 0.416. The van der Waals surface area contributed by atoms with Crippen LogP contribution in [-0.2, 0) is 6.42 Å². The zero-order valence-corrected chi connectivity index (χ0v) is 7.33. The fourth-order valence-corrected chi connectivity index (χ4v) is 1.71. The van der Waals surface area contributed by atoms with Crippen molar-refractivity contribution in [3.8, 4) is 5.75 Å². The Balaban J connectivity index is 2.42. The minimum Gasteiger partial charge on any atom is -0.508 e. The summed E-state index contributed by atoms with van der Waals surface area (Å²) >= 11 is 0. The number of fused-ring (bicyclic) bond motifs is 1. The van der Waals surface area contributed by atoms with E-state index >= 15 is 0 Å². The van der Waals surface area contributed by atoms with E-state index in [1.54, 1.807) is 18.2 Å². The first kappa shape index (κ1) is 8.53. The summed E-state index contributed by atoms with van der Waals surface area (Å²) < 4.78 is 0. The molecule has 1 atom stereocenters. The molecule has 0 radical (unpaired) electrons. The quantitative estimate of drug-likeness (QED) is 0.546. The number of phenolic OH excluding ortho intramolecular Hbond substituents is 1. The third-order valence-corrected chi connectivity index (χ3v) is 2.39. The molecule has 0 saturated carbocycles. The van der Waals surface area contributed by atoms with E-state index in [2.05, 4.69) is 5.32 Å². The predicted octanol–water partition coefficient (Wildman–Crippen LogP) is 0.571. The van der Waals surface area contributed by atoms with Crippen molar-refractivity contribution in [1.82, 2.24) is 5.32 Å². The Morgan fingerprint density at radius 3 is 3.08 bits per heavy atom. The van der Waals surface area contributed by atoms with Crippen LogP contribution in [0.5, 0.6) is 5.75 Å². The van der Waals surface area contributed by atoms with Crippen molar-refractivity contribution in [3.05, 3.63) is 29.3 Å². The summed E-state index contributed by atoms with van der Waals surface area (Å²) in [5, 5.41) is 22.1. The summed E-state index contributed by atoms with van der Waals surface area (Å²) in [6.45, 7) is 1.45. The van der Waals surface area contributed by atoms with E-state index in [-0.39, 0.29) is 5.75 Å². The predicted molar refractivity (Wildman–Crippen MR) is 49.6 cm³/mol. The van der Waals surface area contributed by atoms with Crippen LogP contribution in [0.1, 0.15) is 17.2 Å². The molecule has 2 rings (SSSR count). The third-order valence-electron chi connectivity index (χ3n) is 2.39. The third kappa shape index (κ3) is 1.66. The number of aromatic hydroxyl groups is 1. The summed E-state index contributed by atoms with van der Waals surface area (Å²) in [7, 11) is 0. The smallest absolute Gasteiger partial charge is 0.115 e. The van der Waals surface area contributed by atoms with E-state index in [1.165, 1.54) is 0 Å². The normalized spacial score (nSPS) is 22.1. The fraction of sp³-hybridized carbons (Fsp3) is 0.400. The van der Waals surface area contributed by atoms with Crippen LogP contribution in [0.3, 0.4) is 0 Å². The maximum atomic E-state index is 9.69. The number of phenols is 1. The molecule has 3 nitrogen and oxygen atoms in total. The molecule has 1 aliphatic rings. The molecule has 0 amide bonds. The highest BCUT2D eigenvalue weighted by Crippen LogP contribution is 2.24. The Hall–Kier alpha value is -1.06. The number of hydrogen-bond acceptors (Lipinski definition) is 3. The van der Waals surface area contributed by atoms with Gasteiger partial charge in [0.15, 0.2) is 0 Å². The highest BCUT2D eigenvalue weighted by molar-refractivity contribution is 5.37. The Morgan fingerprint density at radius 2 is 2.23 bits per heavy atom. The van der Waals surface area contributed by atoms with E-state index in [0.717, 1.165) is 24.1 Å². The number of hydrogen-bond donors (Lipinski definition) is 3. The molecule has 0 aromatic heterocycles.